The number of esters is 1. The maximum absolute atomic E-state index is 11.5. The van der Waals surface area contributed by atoms with Crippen molar-refractivity contribution in [2.75, 3.05) is 0 Å². The fourth-order valence-electron chi connectivity index (χ4n) is 1.63. The number of rotatable bonds is 7. The van der Waals surface area contributed by atoms with Gasteiger partial charge in [0.25, 0.3) is 0 Å². The van der Waals surface area contributed by atoms with Gasteiger partial charge in [-0.15, -0.1) is 0 Å². The number of para-hydroxylation sites is 1. The smallest absolute Gasteiger partial charge is 0.311 e. The number of aliphatic hydroxyl groups is 1. The van der Waals surface area contributed by atoms with Crippen molar-refractivity contribution in [2.45, 2.75) is 45.6 Å². The minimum absolute atomic E-state index is 0.258. The molecule has 1 N–H and O–H groups in total. The van der Waals surface area contributed by atoms with Crippen molar-refractivity contribution in [1.82, 2.24) is 0 Å². The minimum Gasteiger partial charge on any atom is -0.427 e. The Labute approximate surface area is 109 Å². The van der Waals surface area contributed by atoms with E-state index in [9.17, 15) is 9.90 Å². The zero-order chi connectivity index (χ0) is 13.4. The average molecular weight is 250 g/mol. The van der Waals surface area contributed by atoms with Gasteiger partial charge >= 0.3 is 5.97 Å². The first kappa shape index (κ1) is 14.7. The van der Waals surface area contributed by atoms with Crippen molar-refractivity contribution in [3.63, 3.8) is 0 Å². The molecule has 0 amide bonds. The summed E-state index contributed by atoms with van der Waals surface area (Å²) in [5.74, 6) is 0.847. The molecule has 0 aliphatic carbocycles. The Morgan fingerprint density at radius 2 is 1.83 bits per heavy atom. The third kappa shape index (κ3) is 6.40. The topological polar surface area (TPSA) is 46.5 Å². The molecule has 0 aliphatic heterocycles. The Kier molecular flexibility index (Phi) is 6.44. The van der Waals surface area contributed by atoms with E-state index in [1.165, 1.54) is 0 Å². The van der Waals surface area contributed by atoms with Crippen LogP contribution in [0.1, 0.15) is 39.5 Å². The Hall–Kier alpha value is -1.35. The maximum atomic E-state index is 11.5. The lowest BCUT2D eigenvalue weighted by atomic mass is 10.0. The van der Waals surface area contributed by atoms with Crippen molar-refractivity contribution in [3.8, 4) is 5.75 Å². The summed E-state index contributed by atoms with van der Waals surface area (Å²) < 4.78 is 5.14. The van der Waals surface area contributed by atoms with Crippen LogP contribution in [0.5, 0.6) is 5.75 Å². The molecule has 1 aromatic rings. The molecular weight excluding hydrogens is 228 g/mol. The summed E-state index contributed by atoms with van der Waals surface area (Å²) in [4.78, 5) is 11.5. The molecule has 100 valence electrons. The van der Waals surface area contributed by atoms with Gasteiger partial charge < -0.3 is 9.84 Å². The van der Waals surface area contributed by atoms with Crippen LogP contribution in [-0.2, 0) is 4.79 Å². The molecular formula is C15H22O3. The van der Waals surface area contributed by atoms with E-state index >= 15 is 0 Å². The van der Waals surface area contributed by atoms with Crippen molar-refractivity contribution in [2.24, 2.45) is 5.92 Å². The molecule has 0 fully saturated rings. The van der Waals surface area contributed by atoms with E-state index in [0.717, 1.165) is 12.8 Å². The molecule has 0 bridgehead atoms. The summed E-state index contributed by atoms with van der Waals surface area (Å²) in [6, 6.07) is 8.99. The second kappa shape index (κ2) is 7.88. The summed E-state index contributed by atoms with van der Waals surface area (Å²) in [6.07, 6.45) is 2.05. The van der Waals surface area contributed by atoms with E-state index in [4.69, 9.17) is 4.74 Å². The van der Waals surface area contributed by atoms with Crippen LogP contribution in [0.25, 0.3) is 0 Å². The van der Waals surface area contributed by atoms with Gasteiger partial charge in [-0.3, -0.25) is 4.79 Å². The van der Waals surface area contributed by atoms with Gasteiger partial charge in [-0.1, -0.05) is 32.0 Å². The van der Waals surface area contributed by atoms with E-state index in [1.807, 2.05) is 18.2 Å². The van der Waals surface area contributed by atoms with Gasteiger partial charge in [-0.2, -0.15) is 0 Å². The second-order valence-electron chi connectivity index (χ2n) is 4.95. The SMILES string of the molecule is CC(C)CCC(O)CCC(=O)Oc1ccccc1. The average Bonchev–Trinajstić information content (AvgIpc) is 2.35. The fourth-order valence-corrected chi connectivity index (χ4v) is 1.63. The van der Waals surface area contributed by atoms with Gasteiger partial charge in [0, 0.05) is 6.42 Å². The van der Waals surface area contributed by atoms with Crippen molar-refractivity contribution in [1.29, 1.82) is 0 Å². The highest BCUT2D eigenvalue weighted by Gasteiger charge is 2.10. The molecule has 0 radical (unpaired) electrons. The van der Waals surface area contributed by atoms with E-state index in [0.29, 0.717) is 18.1 Å². The standard InChI is InChI=1S/C15H22O3/c1-12(2)8-9-13(16)10-11-15(17)18-14-6-4-3-5-7-14/h3-7,12-13,16H,8-11H2,1-2H3. The molecule has 0 aromatic heterocycles. The lowest BCUT2D eigenvalue weighted by molar-refractivity contribution is -0.135. The number of carbonyl (C=O) groups excluding carboxylic acids is 1. The number of aliphatic hydroxyl groups excluding tert-OH is 1. The van der Waals surface area contributed by atoms with Crippen LogP contribution < -0.4 is 4.74 Å². The van der Waals surface area contributed by atoms with Crippen molar-refractivity contribution < 1.29 is 14.6 Å². The van der Waals surface area contributed by atoms with Gasteiger partial charge in [0.1, 0.15) is 5.75 Å². The first-order valence-electron chi connectivity index (χ1n) is 6.51. The van der Waals surface area contributed by atoms with Crippen LogP contribution in [0.3, 0.4) is 0 Å². The Morgan fingerprint density at radius 3 is 2.44 bits per heavy atom. The van der Waals surface area contributed by atoms with Crippen LogP contribution in [0, 0.1) is 5.92 Å². The zero-order valence-electron chi connectivity index (χ0n) is 11.1. The van der Waals surface area contributed by atoms with Gasteiger partial charge in [-0.05, 0) is 37.3 Å². The molecule has 1 aromatic carbocycles. The quantitative estimate of drug-likeness (QED) is 0.597. The van der Waals surface area contributed by atoms with Gasteiger partial charge in [0.15, 0.2) is 0 Å². The first-order valence-corrected chi connectivity index (χ1v) is 6.51. The summed E-state index contributed by atoms with van der Waals surface area (Å²) in [5.41, 5.74) is 0. The molecule has 0 aliphatic rings. The fraction of sp³-hybridized carbons (Fsp3) is 0.533. The van der Waals surface area contributed by atoms with Crippen LogP contribution in [0.4, 0.5) is 0 Å². The molecule has 1 rings (SSSR count). The highest BCUT2D eigenvalue weighted by atomic mass is 16.5. The van der Waals surface area contributed by atoms with E-state index in [1.54, 1.807) is 12.1 Å². The molecule has 1 unspecified atom stereocenters. The van der Waals surface area contributed by atoms with Gasteiger partial charge in [0.05, 0.1) is 6.10 Å². The molecule has 0 spiro atoms. The summed E-state index contributed by atoms with van der Waals surface area (Å²) in [5, 5.41) is 9.71. The molecule has 3 heteroatoms. The number of hydrogen-bond acceptors (Lipinski definition) is 3. The highest BCUT2D eigenvalue weighted by Crippen LogP contribution is 2.13. The van der Waals surface area contributed by atoms with E-state index < -0.39 is 6.10 Å². The predicted molar refractivity (Wildman–Crippen MR) is 71.4 cm³/mol. The maximum Gasteiger partial charge on any atom is 0.311 e. The largest absolute Gasteiger partial charge is 0.427 e. The lowest BCUT2D eigenvalue weighted by Crippen LogP contribution is -2.14. The Balaban J connectivity index is 2.21. The number of carbonyl (C=O) groups is 1. The lowest BCUT2D eigenvalue weighted by Gasteiger charge is -2.11. The normalized spacial score (nSPS) is 12.4. The van der Waals surface area contributed by atoms with Crippen LogP contribution in [0.2, 0.25) is 0 Å². The van der Waals surface area contributed by atoms with E-state index in [-0.39, 0.29) is 12.4 Å². The highest BCUT2D eigenvalue weighted by molar-refractivity contribution is 5.72. The van der Waals surface area contributed by atoms with Crippen LogP contribution >= 0.6 is 0 Å². The van der Waals surface area contributed by atoms with E-state index in [2.05, 4.69) is 13.8 Å². The number of benzene rings is 1. The second-order valence-corrected chi connectivity index (χ2v) is 4.95. The Bertz CT molecular complexity index is 346. The van der Waals surface area contributed by atoms with Crippen molar-refractivity contribution in [3.05, 3.63) is 30.3 Å². The summed E-state index contributed by atoms with van der Waals surface area (Å²) in [6.45, 7) is 4.24. The van der Waals surface area contributed by atoms with Crippen LogP contribution in [0.15, 0.2) is 30.3 Å². The molecule has 3 nitrogen and oxygen atoms in total. The molecule has 0 saturated carbocycles. The first-order chi connectivity index (χ1) is 8.58. The van der Waals surface area contributed by atoms with Crippen molar-refractivity contribution >= 4 is 5.97 Å². The molecule has 18 heavy (non-hydrogen) atoms. The summed E-state index contributed by atoms with van der Waals surface area (Å²) in [7, 11) is 0. The zero-order valence-corrected chi connectivity index (χ0v) is 11.1. The van der Waals surface area contributed by atoms with Crippen LogP contribution in [-0.4, -0.2) is 17.2 Å². The Morgan fingerprint density at radius 1 is 1.17 bits per heavy atom. The molecule has 0 heterocycles. The summed E-state index contributed by atoms with van der Waals surface area (Å²) >= 11 is 0. The monoisotopic (exact) mass is 250 g/mol. The van der Waals surface area contributed by atoms with Gasteiger partial charge in [0.2, 0.25) is 0 Å². The number of hydrogen-bond donors (Lipinski definition) is 1. The third-order valence-corrected chi connectivity index (χ3v) is 2.73. The number of ether oxygens (including phenoxy) is 1. The van der Waals surface area contributed by atoms with Gasteiger partial charge in [-0.25, -0.2) is 0 Å². The molecule has 1 atom stereocenters. The molecule has 0 saturated heterocycles. The third-order valence-electron chi connectivity index (χ3n) is 2.73. The minimum atomic E-state index is -0.407. The predicted octanol–water partition coefficient (Wildman–Crippen LogP) is 3.17.